The summed E-state index contributed by atoms with van der Waals surface area (Å²) < 4.78 is 0. The first-order valence-corrected chi connectivity index (χ1v) is 15.0. The number of aryl methyl sites for hydroxylation is 2. The number of rotatable bonds is 20. The second kappa shape index (κ2) is 19.5. The molecule has 35 heavy (non-hydrogen) atoms. The molecule has 1 heteroatoms. The summed E-state index contributed by atoms with van der Waals surface area (Å²) in [4.78, 5) is 0.894. The van der Waals surface area contributed by atoms with E-state index in [2.05, 4.69) is 56.3 Å². The normalized spacial score (nSPS) is 11.4. The highest BCUT2D eigenvalue weighted by molar-refractivity contribution is 7.81. The Hall–Kier alpha value is -1.73. The van der Waals surface area contributed by atoms with Crippen LogP contribution in [0.25, 0.3) is 6.08 Å². The molecule has 192 valence electrons. The van der Waals surface area contributed by atoms with Gasteiger partial charge in [0.2, 0.25) is 0 Å². The van der Waals surface area contributed by atoms with Crippen molar-refractivity contribution in [1.29, 1.82) is 0 Å². The molecule has 0 radical (unpaired) electrons. The smallest absolute Gasteiger partial charge is 0.0449 e. The van der Waals surface area contributed by atoms with Crippen LogP contribution in [0.3, 0.4) is 0 Å². The van der Waals surface area contributed by atoms with E-state index >= 15 is 0 Å². The molecule has 0 aromatic heterocycles. The lowest BCUT2D eigenvalue weighted by molar-refractivity contribution is 0.529. The van der Waals surface area contributed by atoms with Crippen LogP contribution < -0.4 is 0 Å². The van der Waals surface area contributed by atoms with E-state index in [1.54, 1.807) is 0 Å². The van der Waals surface area contributed by atoms with Gasteiger partial charge in [-0.25, -0.2) is 0 Å². The summed E-state index contributed by atoms with van der Waals surface area (Å²) >= 11 is 5.57. The van der Waals surface area contributed by atoms with Crippen LogP contribution in [0.15, 0.2) is 54.6 Å². The van der Waals surface area contributed by atoms with Gasteiger partial charge in [-0.1, -0.05) is 170 Å². The number of hydrogen-bond acceptors (Lipinski definition) is 1. The van der Waals surface area contributed by atoms with E-state index in [1.165, 1.54) is 126 Å². The standard InChI is InChI=1S/C34H50S/c1-3-4-5-6-7-8-9-10-11-12-13-14-15-16-17-19-24-33-29-31(26-25-30(33)2)27-28-34(35)32-22-20-18-21-23-32/h18,20-23,25-29H,3-17,19,24H2,1-2H3. The Labute approximate surface area is 222 Å². The lowest BCUT2D eigenvalue weighted by atomic mass is 9.98. The van der Waals surface area contributed by atoms with Gasteiger partial charge < -0.3 is 0 Å². The van der Waals surface area contributed by atoms with Gasteiger partial charge in [0.15, 0.2) is 0 Å². The molecule has 2 rings (SSSR count). The molecule has 0 N–H and O–H groups in total. The molecule has 0 fully saturated rings. The van der Waals surface area contributed by atoms with Crippen LogP contribution >= 0.6 is 12.2 Å². The molecule has 0 saturated carbocycles. The minimum Gasteiger partial charge on any atom is -0.0795 e. The molecule has 2 aromatic rings. The maximum Gasteiger partial charge on any atom is 0.0449 e. The Kier molecular flexibility index (Phi) is 16.4. The van der Waals surface area contributed by atoms with Gasteiger partial charge in [0.25, 0.3) is 0 Å². The first kappa shape index (κ1) is 29.5. The van der Waals surface area contributed by atoms with E-state index in [4.69, 9.17) is 12.2 Å². The maximum atomic E-state index is 5.57. The highest BCUT2D eigenvalue weighted by Crippen LogP contribution is 2.18. The Morgan fingerprint density at radius 1 is 0.657 bits per heavy atom. The second-order valence-corrected chi connectivity index (χ2v) is 10.7. The summed E-state index contributed by atoms with van der Waals surface area (Å²) in [5.41, 5.74) is 5.26. The molecule has 2 aromatic carbocycles. The second-order valence-electron chi connectivity index (χ2n) is 10.3. The predicted octanol–water partition coefficient (Wildman–Crippen LogP) is 11.2. The molecule has 0 nitrogen and oxygen atoms in total. The van der Waals surface area contributed by atoms with Crippen molar-refractivity contribution in [3.05, 3.63) is 76.9 Å². The van der Waals surface area contributed by atoms with Crippen LogP contribution in [0.1, 0.15) is 132 Å². The van der Waals surface area contributed by atoms with Gasteiger partial charge in [-0.05, 0) is 48.1 Å². The number of hydrogen-bond donors (Lipinski definition) is 0. The molecule has 0 unspecified atom stereocenters. The van der Waals surface area contributed by atoms with Gasteiger partial charge in [0.1, 0.15) is 0 Å². The largest absolute Gasteiger partial charge is 0.0795 e. The van der Waals surface area contributed by atoms with Crippen LogP contribution in [0.5, 0.6) is 0 Å². The molecule has 0 bridgehead atoms. The number of unbranched alkanes of at least 4 members (excludes halogenated alkanes) is 15. The Balaban J connectivity index is 1.51. The number of allylic oxidation sites excluding steroid dienone is 1. The first-order chi connectivity index (χ1) is 17.2. The Morgan fingerprint density at radius 2 is 1.17 bits per heavy atom. The zero-order valence-corrected chi connectivity index (χ0v) is 23.5. The van der Waals surface area contributed by atoms with E-state index in [0.29, 0.717) is 0 Å². The topological polar surface area (TPSA) is 0 Å². The highest BCUT2D eigenvalue weighted by atomic mass is 32.1. The van der Waals surface area contributed by atoms with E-state index in [0.717, 1.165) is 10.4 Å². The molecule has 0 heterocycles. The minimum atomic E-state index is 0.894. The molecule has 0 amide bonds. The minimum absolute atomic E-state index is 0.894. The number of thiocarbonyl (C=S) groups is 1. The van der Waals surface area contributed by atoms with Gasteiger partial charge in [-0.3, -0.25) is 0 Å². The van der Waals surface area contributed by atoms with Gasteiger partial charge in [0, 0.05) is 4.86 Å². The maximum absolute atomic E-state index is 5.57. The average molecular weight is 491 g/mol. The quantitative estimate of drug-likeness (QED) is 0.0769. The fourth-order valence-corrected chi connectivity index (χ4v) is 5.00. The molecule has 0 aliphatic rings. The lowest BCUT2D eigenvalue weighted by Gasteiger charge is -2.08. The van der Waals surface area contributed by atoms with Gasteiger partial charge in [0.05, 0.1) is 0 Å². The fourth-order valence-electron chi connectivity index (χ4n) is 4.80. The van der Waals surface area contributed by atoms with Crippen LogP contribution in [0.4, 0.5) is 0 Å². The molecule has 0 saturated heterocycles. The van der Waals surface area contributed by atoms with Crippen molar-refractivity contribution in [3.8, 4) is 0 Å². The van der Waals surface area contributed by atoms with Crippen molar-refractivity contribution in [2.45, 2.75) is 123 Å². The van der Waals surface area contributed by atoms with Gasteiger partial charge in [-0.15, -0.1) is 0 Å². The zero-order chi connectivity index (χ0) is 25.0. The van der Waals surface area contributed by atoms with E-state index in [-0.39, 0.29) is 0 Å². The number of benzene rings is 2. The van der Waals surface area contributed by atoms with Crippen molar-refractivity contribution in [3.63, 3.8) is 0 Å². The fraction of sp³-hybridized carbons (Fsp3) is 0.559. The van der Waals surface area contributed by atoms with Crippen molar-refractivity contribution in [1.82, 2.24) is 0 Å². The summed E-state index contributed by atoms with van der Waals surface area (Å²) in [6, 6.07) is 17.1. The van der Waals surface area contributed by atoms with E-state index in [9.17, 15) is 0 Å². The summed E-state index contributed by atoms with van der Waals surface area (Å²) in [5, 5.41) is 0. The van der Waals surface area contributed by atoms with Crippen molar-refractivity contribution in [2.75, 3.05) is 0 Å². The van der Waals surface area contributed by atoms with Crippen LogP contribution in [-0.4, -0.2) is 4.86 Å². The van der Waals surface area contributed by atoms with Crippen LogP contribution in [0.2, 0.25) is 0 Å². The lowest BCUT2D eigenvalue weighted by Crippen LogP contribution is -1.93. The van der Waals surface area contributed by atoms with Crippen molar-refractivity contribution < 1.29 is 0 Å². The average Bonchev–Trinajstić information content (AvgIpc) is 2.89. The molecular formula is C34H50S. The Morgan fingerprint density at radius 3 is 1.71 bits per heavy atom. The summed E-state index contributed by atoms with van der Waals surface area (Å²) in [5.74, 6) is 0. The summed E-state index contributed by atoms with van der Waals surface area (Å²) in [6.07, 6.45) is 28.2. The van der Waals surface area contributed by atoms with Crippen molar-refractivity contribution >= 4 is 23.2 Å². The third-order valence-corrected chi connectivity index (χ3v) is 7.53. The predicted molar refractivity (Wildman–Crippen MR) is 162 cm³/mol. The molecule has 0 atom stereocenters. The SMILES string of the molecule is CCCCCCCCCCCCCCCCCCc1cc(C=CC(=S)c2ccccc2)ccc1C. The van der Waals surface area contributed by atoms with Crippen LogP contribution in [0, 0.1) is 6.92 Å². The molecule has 0 spiro atoms. The van der Waals surface area contributed by atoms with E-state index in [1.807, 2.05) is 18.2 Å². The van der Waals surface area contributed by atoms with Gasteiger partial charge >= 0.3 is 0 Å². The molecular weight excluding hydrogens is 440 g/mol. The summed E-state index contributed by atoms with van der Waals surface area (Å²) in [6.45, 7) is 4.54. The van der Waals surface area contributed by atoms with Crippen molar-refractivity contribution in [2.24, 2.45) is 0 Å². The third-order valence-electron chi connectivity index (χ3n) is 7.16. The highest BCUT2D eigenvalue weighted by Gasteiger charge is 2.01. The first-order valence-electron chi connectivity index (χ1n) is 14.6. The van der Waals surface area contributed by atoms with Crippen LogP contribution in [-0.2, 0) is 6.42 Å². The molecule has 0 aliphatic heterocycles. The van der Waals surface area contributed by atoms with Gasteiger partial charge in [-0.2, -0.15) is 0 Å². The summed E-state index contributed by atoms with van der Waals surface area (Å²) in [7, 11) is 0. The molecule has 0 aliphatic carbocycles. The third kappa shape index (κ3) is 13.8. The monoisotopic (exact) mass is 490 g/mol. The van der Waals surface area contributed by atoms with E-state index < -0.39 is 0 Å². The zero-order valence-electron chi connectivity index (χ0n) is 22.7. The Bertz CT molecular complexity index is 833.